The number of benzene rings is 2. The quantitative estimate of drug-likeness (QED) is 0.608. The van der Waals surface area contributed by atoms with E-state index in [0.717, 1.165) is 0 Å². The fourth-order valence-electron chi connectivity index (χ4n) is 1.74. The number of carbonyl (C=O) groups is 1. The molecule has 0 aliphatic rings. The van der Waals surface area contributed by atoms with Crippen molar-refractivity contribution in [2.75, 3.05) is 0 Å². The number of carbonyl (C=O) groups excluding carboxylic acids is 1. The molecule has 1 heterocycles. The molecule has 0 saturated carbocycles. The number of nitrogens with one attached hydrogen (secondary N) is 1. The van der Waals surface area contributed by atoms with Crippen molar-refractivity contribution < 1.29 is 4.79 Å². The Morgan fingerprint density at radius 2 is 1.65 bits per heavy atom. The van der Waals surface area contributed by atoms with Crippen LogP contribution in [0.25, 0.3) is 21.7 Å². The molecule has 3 aromatic rings. The molecule has 0 atom stereocenters. The van der Waals surface area contributed by atoms with Gasteiger partial charge in [-0.3, -0.25) is 4.79 Å². The summed E-state index contributed by atoms with van der Waals surface area (Å²) in [4.78, 5) is 12.4. The lowest BCUT2D eigenvalue weighted by atomic mass is 10.1. The minimum atomic E-state index is -0.333. The normalized spacial score (nSPS) is 9.94. The molecule has 0 unspecified atom stereocenters. The summed E-state index contributed by atoms with van der Waals surface area (Å²) in [6.07, 6.45) is 1.98. The summed E-state index contributed by atoms with van der Waals surface area (Å²) in [5.41, 5.74) is 5.68. The third kappa shape index (κ3) is 2.64. The second-order valence-corrected chi connectivity index (χ2v) is 3.87. The predicted molar refractivity (Wildman–Crippen MR) is 70.7 cm³/mol. The van der Waals surface area contributed by atoms with Crippen molar-refractivity contribution >= 4 is 27.6 Å². The first-order valence-corrected chi connectivity index (χ1v) is 5.39. The standard InChI is InChI=1S/C12H9N.C2H5NO/c1-2-4-10-8-12-11(5-6-13-12)7-9(10)3-1;1-2(3)4/h1-8,13H;1H3,(H2,3,4). The Morgan fingerprint density at radius 1 is 1.06 bits per heavy atom. The zero-order valence-electron chi connectivity index (χ0n) is 9.60. The van der Waals surface area contributed by atoms with Gasteiger partial charge in [0.2, 0.25) is 5.91 Å². The molecule has 0 spiro atoms. The van der Waals surface area contributed by atoms with Gasteiger partial charge in [0, 0.05) is 18.6 Å². The van der Waals surface area contributed by atoms with E-state index >= 15 is 0 Å². The van der Waals surface area contributed by atoms with Crippen LogP contribution in [-0.4, -0.2) is 10.9 Å². The van der Waals surface area contributed by atoms with Crippen LogP contribution in [0, 0.1) is 0 Å². The van der Waals surface area contributed by atoms with Gasteiger partial charge in [0.1, 0.15) is 0 Å². The Morgan fingerprint density at radius 3 is 2.29 bits per heavy atom. The van der Waals surface area contributed by atoms with E-state index in [-0.39, 0.29) is 5.91 Å². The number of rotatable bonds is 0. The molecule has 3 rings (SSSR count). The van der Waals surface area contributed by atoms with E-state index in [9.17, 15) is 4.79 Å². The number of nitrogens with two attached hydrogens (primary N) is 1. The topological polar surface area (TPSA) is 58.9 Å². The molecule has 0 saturated heterocycles. The molecule has 0 fully saturated rings. The molecule has 1 aromatic heterocycles. The van der Waals surface area contributed by atoms with E-state index in [1.807, 2.05) is 6.20 Å². The largest absolute Gasteiger partial charge is 0.370 e. The Hall–Kier alpha value is -2.29. The predicted octanol–water partition coefficient (Wildman–Crippen LogP) is 2.81. The van der Waals surface area contributed by atoms with Gasteiger partial charge in [-0.25, -0.2) is 0 Å². The zero-order valence-corrected chi connectivity index (χ0v) is 9.60. The van der Waals surface area contributed by atoms with Crippen LogP contribution in [0.2, 0.25) is 0 Å². The lowest BCUT2D eigenvalue weighted by molar-refractivity contribution is -0.115. The molecular weight excluding hydrogens is 212 g/mol. The Balaban J connectivity index is 0.000000239. The summed E-state index contributed by atoms with van der Waals surface area (Å²) in [7, 11) is 0. The highest BCUT2D eigenvalue weighted by Gasteiger charge is 1.96. The maximum absolute atomic E-state index is 9.22. The Kier molecular flexibility index (Phi) is 3.10. The zero-order chi connectivity index (χ0) is 12.3. The number of aromatic amines is 1. The van der Waals surface area contributed by atoms with E-state index in [1.54, 1.807) is 0 Å². The van der Waals surface area contributed by atoms with Crippen molar-refractivity contribution in [3.63, 3.8) is 0 Å². The summed E-state index contributed by atoms with van der Waals surface area (Å²) in [6, 6.07) is 14.9. The summed E-state index contributed by atoms with van der Waals surface area (Å²) < 4.78 is 0. The lowest BCUT2D eigenvalue weighted by Crippen LogP contribution is -2.01. The molecule has 0 bridgehead atoms. The van der Waals surface area contributed by atoms with Gasteiger partial charge in [-0.1, -0.05) is 24.3 Å². The van der Waals surface area contributed by atoms with Gasteiger partial charge >= 0.3 is 0 Å². The van der Waals surface area contributed by atoms with Crippen molar-refractivity contribution in [2.45, 2.75) is 6.92 Å². The monoisotopic (exact) mass is 226 g/mol. The first-order valence-electron chi connectivity index (χ1n) is 5.39. The molecule has 2 aromatic carbocycles. The number of H-pyrrole nitrogens is 1. The van der Waals surface area contributed by atoms with Crippen LogP contribution in [0.5, 0.6) is 0 Å². The molecular formula is C14H14N2O. The van der Waals surface area contributed by atoms with Gasteiger partial charge in [-0.15, -0.1) is 0 Å². The smallest absolute Gasteiger partial charge is 0.214 e. The average Bonchev–Trinajstić information content (AvgIpc) is 2.72. The second-order valence-electron chi connectivity index (χ2n) is 3.87. The van der Waals surface area contributed by atoms with Crippen LogP contribution >= 0.6 is 0 Å². The van der Waals surface area contributed by atoms with Crippen LogP contribution in [0.3, 0.4) is 0 Å². The van der Waals surface area contributed by atoms with Crippen LogP contribution in [0.4, 0.5) is 0 Å². The van der Waals surface area contributed by atoms with E-state index in [4.69, 9.17) is 0 Å². The first kappa shape index (κ1) is 11.2. The average molecular weight is 226 g/mol. The molecule has 0 radical (unpaired) electrons. The Bertz CT molecular complexity index is 602. The Labute approximate surface area is 99.2 Å². The number of fused-ring (bicyclic) bond motifs is 2. The number of hydrogen-bond donors (Lipinski definition) is 2. The van der Waals surface area contributed by atoms with Crippen LogP contribution < -0.4 is 5.73 Å². The highest BCUT2D eigenvalue weighted by molar-refractivity contribution is 5.96. The molecule has 86 valence electrons. The van der Waals surface area contributed by atoms with Crippen molar-refractivity contribution in [3.8, 4) is 0 Å². The van der Waals surface area contributed by atoms with E-state index in [1.165, 1.54) is 28.6 Å². The van der Waals surface area contributed by atoms with E-state index in [0.29, 0.717) is 0 Å². The van der Waals surface area contributed by atoms with Crippen molar-refractivity contribution in [3.05, 3.63) is 48.7 Å². The molecule has 3 nitrogen and oxygen atoms in total. The van der Waals surface area contributed by atoms with Gasteiger partial charge in [-0.2, -0.15) is 0 Å². The molecule has 0 aliphatic heterocycles. The van der Waals surface area contributed by atoms with Crippen molar-refractivity contribution in [1.82, 2.24) is 4.98 Å². The third-order valence-corrected chi connectivity index (χ3v) is 2.42. The SMILES string of the molecule is CC(N)=O.c1ccc2cc3[nH]ccc3cc2c1. The minimum Gasteiger partial charge on any atom is -0.370 e. The summed E-state index contributed by atoms with van der Waals surface area (Å²) >= 11 is 0. The van der Waals surface area contributed by atoms with Gasteiger partial charge in [0.05, 0.1) is 0 Å². The van der Waals surface area contributed by atoms with Crippen LogP contribution in [0.1, 0.15) is 6.92 Å². The number of aromatic nitrogens is 1. The van der Waals surface area contributed by atoms with Gasteiger partial charge in [0.25, 0.3) is 0 Å². The van der Waals surface area contributed by atoms with Gasteiger partial charge < -0.3 is 10.7 Å². The molecule has 0 aliphatic carbocycles. The number of hydrogen-bond acceptors (Lipinski definition) is 1. The third-order valence-electron chi connectivity index (χ3n) is 2.42. The fourth-order valence-corrected chi connectivity index (χ4v) is 1.74. The van der Waals surface area contributed by atoms with Gasteiger partial charge in [-0.05, 0) is 34.4 Å². The summed E-state index contributed by atoms with van der Waals surface area (Å²) in [5.74, 6) is -0.333. The summed E-state index contributed by atoms with van der Waals surface area (Å²) in [5, 5.41) is 3.87. The van der Waals surface area contributed by atoms with Crippen LogP contribution in [-0.2, 0) is 4.79 Å². The van der Waals surface area contributed by atoms with E-state index in [2.05, 4.69) is 53.2 Å². The number of primary amides is 1. The highest BCUT2D eigenvalue weighted by atomic mass is 16.1. The highest BCUT2D eigenvalue weighted by Crippen LogP contribution is 2.21. The van der Waals surface area contributed by atoms with Crippen molar-refractivity contribution in [2.24, 2.45) is 5.73 Å². The minimum absolute atomic E-state index is 0.333. The fraction of sp³-hybridized carbons (Fsp3) is 0.0714. The molecule has 1 amide bonds. The molecule has 3 N–H and O–H groups in total. The molecule has 3 heteroatoms. The van der Waals surface area contributed by atoms with Gasteiger partial charge in [0.15, 0.2) is 0 Å². The lowest BCUT2D eigenvalue weighted by Gasteiger charge is -1.96. The van der Waals surface area contributed by atoms with Crippen molar-refractivity contribution in [1.29, 1.82) is 0 Å². The second kappa shape index (κ2) is 4.70. The maximum atomic E-state index is 9.22. The maximum Gasteiger partial charge on any atom is 0.214 e. The first-order chi connectivity index (χ1) is 8.16. The summed E-state index contributed by atoms with van der Waals surface area (Å²) in [6.45, 7) is 1.31. The van der Waals surface area contributed by atoms with Crippen LogP contribution in [0.15, 0.2) is 48.7 Å². The molecule has 17 heavy (non-hydrogen) atoms. The van der Waals surface area contributed by atoms with E-state index < -0.39 is 0 Å². The number of amides is 1.